The number of hydrogen-bond donors (Lipinski definition) is 0. The maximum absolute atomic E-state index is 12.7. The topological polar surface area (TPSA) is 23.8 Å². The van der Waals surface area contributed by atoms with E-state index in [4.69, 9.17) is 5.26 Å². The Labute approximate surface area is 195 Å². The molecule has 0 saturated carbocycles. The van der Waals surface area contributed by atoms with Gasteiger partial charge in [-0.25, -0.2) is 0 Å². The van der Waals surface area contributed by atoms with Gasteiger partial charge < -0.3 is 0 Å². The van der Waals surface area contributed by atoms with Gasteiger partial charge in [0.25, 0.3) is 0 Å². The summed E-state index contributed by atoms with van der Waals surface area (Å²) >= 11 is 1.20. The van der Waals surface area contributed by atoms with E-state index in [2.05, 4.69) is 0 Å². The molecule has 0 spiro atoms. The summed E-state index contributed by atoms with van der Waals surface area (Å²) in [5.41, 5.74) is 0. The van der Waals surface area contributed by atoms with Gasteiger partial charge in [-0.15, -0.1) is 0 Å². The minimum absolute atomic E-state index is 0.0353. The number of alkyl halides is 19. The van der Waals surface area contributed by atoms with E-state index in [1.165, 1.54) is 5.40 Å². The van der Waals surface area contributed by atoms with E-state index >= 15 is 0 Å². The molecule has 0 aromatic carbocycles. The molecule has 0 saturated heterocycles. The van der Waals surface area contributed by atoms with Crippen molar-refractivity contribution in [2.24, 2.45) is 0 Å². The van der Waals surface area contributed by atoms with Gasteiger partial charge in [0.1, 0.15) is 5.40 Å². The Morgan fingerprint density at radius 1 is 0.529 bits per heavy atom. The van der Waals surface area contributed by atoms with Crippen molar-refractivity contribution < 1.29 is 79.0 Å². The van der Waals surface area contributed by atoms with Gasteiger partial charge in [0.15, 0.2) is 0 Å². The van der Waals surface area contributed by atoms with Crippen molar-refractivity contribution in [3.8, 4) is 5.40 Å². The third-order valence-corrected chi connectivity index (χ3v) is 4.49. The van der Waals surface area contributed by atoms with Gasteiger partial charge in [-0.1, -0.05) is 22.6 Å². The second kappa shape index (κ2) is 11.1. The molecular weight excluding hydrogens is 671 g/mol. The molecule has 0 radical (unpaired) electrons. The summed E-state index contributed by atoms with van der Waals surface area (Å²) in [5, 5.41) is 9.10. The van der Waals surface area contributed by atoms with Crippen LogP contribution in [-0.2, 0) is 0 Å². The Bertz CT molecular complexity index is 691. The van der Waals surface area contributed by atoms with E-state index < -0.39 is 70.9 Å². The van der Waals surface area contributed by atoms with Gasteiger partial charge >= 0.3 is 47.9 Å². The lowest BCUT2D eigenvalue weighted by molar-refractivity contribution is -0.396. The molecule has 0 atom stereocenters. The third kappa shape index (κ3) is 7.18. The van der Waals surface area contributed by atoms with Crippen LogP contribution in [0.5, 0.6) is 0 Å². The van der Waals surface area contributed by atoms with Gasteiger partial charge in [-0.05, 0) is 11.8 Å². The number of halogens is 19. The summed E-state index contributed by atoms with van der Waals surface area (Å²) in [7, 11) is 0. The lowest BCUT2D eigenvalue weighted by Gasteiger charge is -2.33. The van der Waals surface area contributed by atoms with E-state index in [9.17, 15) is 79.0 Å². The minimum Gasteiger partial charge on any atom is -0.200 e. The van der Waals surface area contributed by atoms with Crippen molar-refractivity contribution in [1.82, 2.24) is 0 Å². The highest BCUT2D eigenvalue weighted by Gasteiger charge is 2.82. The summed E-state index contributed by atoms with van der Waals surface area (Å²) in [6.45, 7) is 0. The summed E-state index contributed by atoms with van der Waals surface area (Å²) < 4.78 is 218. The smallest absolute Gasteiger partial charge is 0.200 e. The van der Waals surface area contributed by atoms with Gasteiger partial charge in [-0.3, -0.25) is 0 Å². The van der Waals surface area contributed by atoms with Crippen LogP contribution < -0.4 is 0 Å². The first-order valence-electron chi connectivity index (χ1n) is 7.59. The maximum atomic E-state index is 12.7. The summed E-state index contributed by atoms with van der Waals surface area (Å²) in [4.78, 5) is 0. The molecule has 0 bridgehead atoms. The number of rotatable bonds is 9. The molecule has 0 heterocycles. The molecule has 0 aromatic rings. The molecule has 0 aliphatic carbocycles. The van der Waals surface area contributed by atoms with Crippen molar-refractivity contribution in [3.63, 3.8) is 0 Å². The van der Waals surface area contributed by atoms with E-state index in [0.717, 1.165) is 22.6 Å². The molecule has 0 rings (SSSR count). The molecule has 0 aliphatic rings. The number of thioether (sulfide) groups is 1. The van der Waals surface area contributed by atoms with Crippen LogP contribution in [0.25, 0.3) is 0 Å². The predicted molar refractivity (Wildman–Crippen MR) is 88.0 cm³/mol. The summed E-state index contributed by atoms with van der Waals surface area (Å²) in [5.74, 6) is -38.7. The van der Waals surface area contributed by atoms with Crippen LogP contribution in [0, 0.1) is 10.7 Å². The third-order valence-electron chi connectivity index (χ3n) is 3.41. The Hall–Kier alpha value is -0.690. The van der Waals surface area contributed by atoms with Crippen LogP contribution in [0.15, 0.2) is 0 Å². The minimum atomic E-state index is -6.86. The SMILES string of the molecule is FC(F)(F)C(F)(F)C(F)(F)C(F)(F)CCI.N#CSCCC(F)(F)C(F)(F)C(F)(F)C(F)(F)F. The molecule has 1 nitrogen and oxygen atoms in total. The van der Waals surface area contributed by atoms with Crippen LogP contribution in [-0.4, -0.2) is 58.1 Å². The highest BCUT2D eigenvalue weighted by molar-refractivity contribution is 14.1. The molecule has 34 heavy (non-hydrogen) atoms. The normalized spacial score (nSPS) is 14.9. The maximum Gasteiger partial charge on any atom is 0.460 e. The predicted octanol–water partition coefficient (Wildman–Crippen LogP) is 8.34. The number of nitrogens with zero attached hydrogens (tertiary/aromatic N) is 1. The zero-order chi connectivity index (χ0) is 28.2. The number of hydrogen-bond acceptors (Lipinski definition) is 2. The van der Waals surface area contributed by atoms with Crippen LogP contribution in [0.2, 0.25) is 0 Å². The van der Waals surface area contributed by atoms with Crippen molar-refractivity contribution in [3.05, 3.63) is 0 Å². The van der Waals surface area contributed by atoms with Crippen molar-refractivity contribution in [2.75, 3.05) is 10.2 Å². The first-order valence-corrected chi connectivity index (χ1v) is 10.1. The fourth-order valence-corrected chi connectivity index (χ4v) is 2.60. The standard InChI is InChI=1S/C7H4F9NS.C6H4F9I/c8-4(9,1-2-18-3-17)5(10,11)6(12,13)7(14,15)16;7-3(8,1-2-16)4(9,10)5(11,12)6(13,14)15/h1-2H2;1-2H2. The monoisotopic (exact) mass is 679 g/mol. The van der Waals surface area contributed by atoms with Gasteiger partial charge in [-0.2, -0.15) is 84.3 Å². The highest BCUT2D eigenvalue weighted by atomic mass is 127. The number of nitriles is 1. The first kappa shape index (κ1) is 35.5. The molecule has 0 N–H and O–H groups in total. The fraction of sp³-hybridized carbons (Fsp3) is 0.923. The van der Waals surface area contributed by atoms with E-state index in [-0.39, 0.29) is 11.8 Å². The average Bonchev–Trinajstić information content (AvgIpc) is 2.59. The molecule has 0 aromatic heterocycles. The molecule has 0 fully saturated rings. The zero-order valence-corrected chi connectivity index (χ0v) is 18.3. The molecule has 204 valence electrons. The van der Waals surface area contributed by atoms with Crippen molar-refractivity contribution >= 4 is 34.4 Å². The van der Waals surface area contributed by atoms with Crippen LogP contribution >= 0.6 is 34.4 Å². The molecule has 0 amide bonds. The Balaban J connectivity index is 0. The van der Waals surface area contributed by atoms with Crippen LogP contribution in [0.4, 0.5) is 79.0 Å². The quantitative estimate of drug-likeness (QED) is 0.0805. The van der Waals surface area contributed by atoms with Crippen LogP contribution in [0.3, 0.4) is 0 Å². The Morgan fingerprint density at radius 3 is 1.06 bits per heavy atom. The molecule has 0 unspecified atom stereocenters. The van der Waals surface area contributed by atoms with E-state index in [1.54, 1.807) is 0 Å². The first-order chi connectivity index (χ1) is 14.6. The average molecular weight is 679 g/mol. The molecular formula is C13H8F18INS. The van der Waals surface area contributed by atoms with E-state index in [1.807, 2.05) is 0 Å². The van der Waals surface area contributed by atoms with Gasteiger partial charge in [0.05, 0.1) is 0 Å². The lowest BCUT2D eigenvalue weighted by Crippen LogP contribution is -2.60. The van der Waals surface area contributed by atoms with Crippen molar-refractivity contribution in [1.29, 1.82) is 5.26 Å². The molecule has 21 heteroatoms. The van der Waals surface area contributed by atoms with Gasteiger partial charge in [0, 0.05) is 23.0 Å². The Kier molecular flexibility index (Phi) is 11.6. The second-order valence-corrected chi connectivity index (χ2v) is 7.79. The summed E-state index contributed by atoms with van der Waals surface area (Å²) in [6, 6.07) is 0. The Morgan fingerprint density at radius 2 is 0.824 bits per heavy atom. The zero-order valence-electron chi connectivity index (χ0n) is 15.4. The fourth-order valence-electron chi connectivity index (χ4n) is 1.47. The summed E-state index contributed by atoms with van der Waals surface area (Å²) in [6.07, 6.45) is -17.3. The second-order valence-electron chi connectivity index (χ2n) is 5.83. The lowest BCUT2D eigenvalue weighted by atomic mass is 10.0. The van der Waals surface area contributed by atoms with Crippen molar-refractivity contribution in [2.45, 2.75) is 60.7 Å². The molecule has 0 aliphatic heterocycles. The largest absolute Gasteiger partial charge is 0.460 e. The highest BCUT2D eigenvalue weighted by Crippen LogP contribution is 2.55. The van der Waals surface area contributed by atoms with E-state index in [0.29, 0.717) is 0 Å². The van der Waals surface area contributed by atoms with Gasteiger partial charge in [0.2, 0.25) is 0 Å². The number of thiocyanates is 1. The van der Waals surface area contributed by atoms with Crippen LogP contribution in [0.1, 0.15) is 12.8 Å².